The average Bonchev–Trinajstić information content (AvgIpc) is 2.66. The van der Waals surface area contributed by atoms with Gasteiger partial charge >= 0.3 is 0 Å². The fourth-order valence-electron chi connectivity index (χ4n) is 2.33. The first-order valence-electron chi connectivity index (χ1n) is 5.43. The van der Waals surface area contributed by atoms with Crippen molar-refractivity contribution in [1.29, 1.82) is 5.26 Å². The summed E-state index contributed by atoms with van der Waals surface area (Å²) in [4.78, 5) is 0. The van der Waals surface area contributed by atoms with Crippen molar-refractivity contribution in [2.24, 2.45) is 0 Å². The SMILES string of the molecule is CC1COc2cccc3c(CC#N)cn1c23. The van der Waals surface area contributed by atoms with E-state index in [1.54, 1.807) is 0 Å². The van der Waals surface area contributed by atoms with Gasteiger partial charge in [0.2, 0.25) is 0 Å². The molecule has 1 aromatic heterocycles. The third-order valence-electron chi connectivity index (χ3n) is 3.12. The van der Waals surface area contributed by atoms with Crippen molar-refractivity contribution in [2.75, 3.05) is 6.61 Å². The second kappa shape index (κ2) is 3.28. The van der Waals surface area contributed by atoms with Gasteiger partial charge in [-0.05, 0) is 18.6 Å². The predicted molar refractivity (Wildman–Crippen MR) is 61.5 cm³/mol. The summed E-state index contributed by atoms with van der Waals surface area (Å²) >= 11 is 0. The molecule has 0 N–H and O–H groups in total. The normalized spacial score (nSPS) is 18.1. The summed E-state index contributed by atoms with van der Waals surface area (Å²) in [6, 6.07) is 8.58. The Labute approximate surface area is 93.9 Å². The van der Waals surface area contributed by atoms with E-state index in [1.807, 2.05) is 12.1 Å². The highest BCUT2D eigenvalue weighted by Gasteiger charge is 2.20. The monoisotopic (exact) mass is 212 g/mol. The van der Waals surface area contributed by atoms with Gasteiger partial charge in [0.25, 0.3) is 0 Å². The topological polar surface area (TPSA) is 37.9 Å². The molecule has 0 fully saturated rings. The van der Waals surface area contributed by atoms with E-state index >= 15 is 0 Å². The minimum absolute atomic E-state index is 0.338. The Morgan fingerprint density at radius 3 is 3.25 bits per heavy atom. The van der Waals surface area contributed by atoms with Crippen molar-refractivity contribution in [3.8, 4) is 11.8 Å². The molecule has 0 amide bonds. The van der Waals surface area contributed by atoms with E-state index in [0.29, 0.717) is 19.1 Å². The maximum atomic E-state index is 8.82. The second-order valence-electron chi connectivity index (χ2n) is 4.21. The van der Waals surface area contributed by atoms with Crippen LogP contribution in [0.4, 0.5) is 0 Å². The quantitative estimate of drug-likeness (QED) is 0.728. The molecule has 1 aliphatic heterocycles. The lowest BCUT2D eigenvalue weighted by Gasteiger charge is -2.23. The van der Waals surface area contributed by atoms with Crippen LogP contribution >= 0.6 is 0 Å². The first-order chi connectivity index (χ1) is 7.81. The van der Waals surface area contributed by atoms with Gasteiger partial charge < -0.3 is 9.30 Å². The molecule has 2 heterocycles. The van der Waals surface area contributed by atoms with Crippen molar-refractivity contribution >= 4 is 10.9 Å². The third-order valence-corrected chi connectivity index (χ3v) is 3.12. The highest BCUT2D eigenvalue weighted by Crippen LogP contribution is 2.35. The first-order valence-corrected chi connectivity index (χ1v) is 5.43. The number of nitrogens with zero attached hydrogens (tertiary/aromatic N) is 2. The Kier molecular flexibility index (Phi) is 1.90. The van der Waals surface area contributed by atoms with Gasteiger partial charge in [-0.1, -0.05) is 12.1 Å². The molecule has 0 aliphatic carbocycles. The van der Waals surface area contributed by atoms with Gasteiger partial charge in [0.05, 0.1) is 24.0 Å². The highest BCUT2D eigenvalue weighted by atomic mass is 16.5. The summed E-state index contributed by atoms with van der Waals surface area (Å²) in [7, 11) is 0. The minimum atomic E-state index is 0.338. The van der Waals surface area contributed by atoms with Crippen molar-refractivity contribution in [3.63, 3.8) is 0 Å². The molecule has 1 atom stereocenters. The summed E-state index contributed by atoms with van der Waals surface area (Å²) in [5.74, 6) is 0.930. The van der Waals surface area contributed by atoms with Crippen LogP contribution in [0.1, 0.15) is 18.5 Å². The number of nitriles is 1. The van der Waals surface area contributed by atoms with E-state index in [1.165, 1.54) is 0 Å². The van der Waals surface area contributed by atoms with Crippen LogP contribution in [-0.2, 0) is 6.42 Å². The lowest BCUT2D eigenvalue weighted by atomic mass is 10.1. The number of ether oxygens (including phenoxy) is 1. The molecule has 16 heavy (non-hydrogen) atoms. The van der Waals surface area contributed by atoms with Gasteiger partial charge in [0.15, 0.2) is 0 Å². The number of benzene rings is 1. The fraction of sp³-hybridized carbons (Fsp3) is 0.308. The van der Waals surface area contributed by atoms with Crippen LogP contribution in [0, 0.1) is 11.3 Å². The molecule has 2 aromatic rings. The van der Waals surface area contributed by atoms with Gasteiger partial charge in [0, 0.05) is 11.6 Å². The third kappa shape index (κ3) is 1.13. The highest BCUT2D eigenvalue weighted by molar-refractivity contribution is 5.89. The standard InChI is InChI=1S/C13H12N2O/c1-9-8-16-12-4-2-3-11-10(5-6-14)7-15(9)13(11)12/h2-4,7,9H,5,8H2,1H3. The van der Waals surface area contributed by atoms with Crippen LogP contribution in [0.5, 0.6) is 5.75 Å². The van der Waals surface area contributed by atoms with Crippen molar-refractivity contribution in [1.82, 2.24) is 4.57 Å². The van der Waals surface area contributed by atoms with Crippen LogP contribution in [0.3, 0.4) is 0 Å². The predicted octanol–water partition coefficient (Wildman–Crippen LogP) is 2.66. The van der Waals surface area contributed by atoms with Crippen LogP contribution in [0.25, 0.3) is 10.9 Å². The summed E-state index contributed by atoms with van der Waals surface area (Å²) < 4.78 is 7.92. The summed E-state index contributed by atoms with van der Waals surface area (Å²) in [6.07, 6.45) is 2.55. The Morgan fingerprint density at radius 1 is 1.56 bits per heavy atom. The van der Waals surface area contributed by atoms with E-state index in [-0.39, 0.29) is 0 Å². The number of para-hydroxylation sites is 1. The van der Waals surface area contributed by atoms with Crippen LogP contribution in [-0.4, -0.2) is 11.2 Å². The summed E-state index contributed by atoms with van der Waals surface area (Å²) in [6.45, 7) is 2.83. The van der Waals surface area contributed by atoms with Gasteiger partial charge in [-0.25, -0.2) is 0 Å². The lowest BCUT2D eigenvalue weighted by Crippen LogP contribution is -2.18. The van der Waals surface area contributed by atoms with Crippen molar-refractivity contribution < 1.29 is 4.74 Å². The maximum Gasteiger partial charge on any atom is 0.143 e. The zero-order valence-electron chi connectivity index (χ0n) is 9.10. The zero-order chi connectivity index (χ0) is 11.1. The van der Waals surface area contributed by atoms with Crippen LogP contribution in [0.15, 0.2) is 24.4 Å². The Balaban J connectivity index is 2.35. The molecule has 1 aliphatic rings. The van der Waals surface area contributed by atoms with Gasteiger partial charge in [0.1, 0.15) is 12.4 Å². The molecule has 0 saturated carbocycles. The lowest BCUT2D eigenvalue weighted by molar-refractivity contribution is 0.248. The maximum absolute atomic E-state index is 8.82. The average molecular weight is 212 g/mol. The van der Waals surface area contributed by atoms with Crippen molar-refractivity contribution in [3.05, 3.63) is 30.0 Å². The molecular weight excluding hydrogens is 200 g/mol. The van der Waals surface area contributed by atoms with Crippen LogP contribution in [0.2, 0.25) is 0 Å². The molecule has 1 aromatic carbocycles. The molecule has 3 nitrogen and oxygen atoms in total. The van der Waals surface area contributed by atoms with Gasteiger partial charge in [-0.15, -0.1) is 0 Å². The molecule has 3 rings (SSSR count). The fourth-order valence-corrected chi connectivity index (χ4v) is 2.33. The van der Waals surface area contributed by atoms with Crippen LogP contribution < -0.4 is 4.74 Å². The van der Waals surface area contributed by atoms with E-state index in [0.717, 1.165) is 22.2 Å². The van der Waals surface area contributed by atoms with E-state index < -0.39 is 0 Å². The Bertz CT molecular complexity index is 592. The molecule has 0 radical (unpaired) electrons. The number of hydrogen-bond donors (Lipinski definition) is 0. The van der Waals surface area contributed by atoms with Gasteiger partial charge in [-0.3, -0.25) is 0 Å². The summed E-state index contributed by atoms with van der Waals surface area (Å²) in [5, 5.41) is 9.97. The second-order valence-corrected chi connectivity index (χ2v) is 4.21. The molecule has 0 spiro atoms. The Hall–Kier alpha value is -1.95. The zero-order valence-corrected chi connectivity index (χ0v) is 9.10. The molecular formula is C13H12N2O. The van der Waals surface area contributed by atoms with E-state index in [9.17, 15) is 0 Å². The van der Waals surface area contributed by atoms with E-state index in [4.69, 9.17) is 10.00 Å². The number of hydrogen-bond acceptors (Lipinski definition) is 2. The van der Waals surface area contributed by atoms with Gasteiger partial charge in [-0.2, -0.15) is 5.26 Å². The largest absolute Gasteiger partial charge is 0.489 e. The summed E-state index contributed by atoms with van der Waals surface area (Å²) in [5.41, 5.74) is 2.23. The first kappa shape index (κ1) is 9.29. The molecule has 0 bridgehead atoms. The minimum Gasteiger partial charge on any atom is -0.489 e. The molecule has 0 saturated heterocycles. The molecule has 3 heteroatoms. The molecule has 1 unspecified atom stereocenters. The van der Waals surface area contributed by atoms with Crippen molar-refractivity contribution in [2.45, 2.75) is 19.4 Å². The Morgan fingerprint density at radius 2 is 2.44 bits per heavy atom. The number of aromatic nitrogens is 1. The molecule has 80 valence electrons. The smallest absolute Gasteiger partial charge is 0.143 e. The van der Waals surface area contributed by atoms with E-state index in [2.05, 4.69) is 29.8 Å². The number of rotatable bonds is 1.